The van der Waals surface area contributed by atoms with Crippen LogP contribution in [0, 0.1) is 0 Å². The molecule has 0 radical (unpaired) electrons. The highest BCUT2D eigenvalue weighted by atomic mass is 32.1. The van der Waals surface area contributed by atoms with Crippen LogP contribution >= 0.6 is 11.3 Å². The molecule has 2 heterocycles. The molecule has 1 aliphatic carbocycles. The summed E-state index contributed by atoms with van der Waals surface area (Å²) in [4.78, 5) is 28.1. The Labute approximate surface area is 153 Å². The monoisotopic (exact) mass is 366 g/mol. The third-order valence-electron chi connectivity index (χ3n) is 4.99. The number of ether oxygens (including phenoxy) is 1. The fourth-order valence-corrected chi connectivity index (χ4v) is 5.08. The fraction of sp³-hybridized carbons (Fsp3) is 0.667. The number of piperazine rings is 1. The van der Waals surface area contributed by atoms with Crippen molar-refractivity contribution in [1.29, 1.82) is 0 Å². The van der Waals surface area contributed by atoms with Crippen LogP contribution in [0.3, 0.4) is 0 Å². The van der Waals surface area contributed by atoms with E-state index in [0.717, 1.165) is 50.6 Å². The van der Waals surface area contributed by atoms with Crippen LogP contribution in [0.25, 0.3) is 0 Å². The Morgan fingerprint density at radius 3 is 2.64 bits per heavy atom. The standard InChI is InChI=1S/C18H27N3O3S/c1-3-24-18(23)21-10-8-20(9-11-21)12-15-14-6-4-5-7-16(14)25-17(15)19-13(2)22/h3-12H2,1-2H3,(H,19,22)/p+1. The van der Waals surface area contributed by atoms with Gasteiger partial charge < -0.3 is 15.0 Å². The summed E-state index contributed by atoms with van der Waals surface area (Å²) in [6.45, 7) is 8.07. The maximum atomic E-state index is 11.8. The second-order valence-corrected chi connectivity index (χ2v) is 7.92. The van der Waals surface area contributed by atoms with Crippen LogP contribution < -0.4 is 10.2 Å². The molecule has 0 atom stereocenters. The third-order valence-corrected chi connectivity index (χ3v) is 6.24. The second-order valence-electron chi connectivity index (χ2n) is 6.81. The lowest BCUT2D eigenvalue weighted by Gasteiger charge is -2.31. The molecule has 2 N–H and O–H groups in total. The van der Waals surface area contributed by atoms with Gasteiger partial charge in [0.15, 0.2) is 0 Å². The molecule has 1 fully saturated rings. The number of thiophene rings is 1. The predicted molar refractivity (Wildman–Crippen MR) is 98.3 cm³/mol. The van der Waals surface area contributed by atoms with Crippen molar-refractivity contribution in [2.75, 3.05) is 38.1 Å². The molecule has 2 aliphatic rings. The maximum Gasteiger partial charge on any atom is 0.410 e. The highest BCUT2D eigenvalue weighted by molar-refractivity contribution is 7.16. The number of nitrogens with one attached hydrogen (secondary N) is 2. The minimum atomic E-state index is -0.201. The van der Waals surface area contributed by atoms with Gasteiger partial charge in [-0.1, -0.05) is 0 Å². The minimum Gasteiger partial charge on any atom is -0.450 e. The first-order valence-corrected chi connectivity index (χ1v) is 10.1. The summed E-state index contributed by atoms with van der Waals surface area (Å²) in [5.41, 5.74) is 2.80. The largest absolute Gasteiger partial charge is 0.450 e. The van der Waals surface area contributed by atoms with Crippen LogP contribution in [0.1, 0.15) is 42.7 Å². The van der Waals surface area contributed by atoms with E-state index in [0.29, 0.717) is 6.61 Å². The first-order valence-electron chi connectivity index (χ1n) is 9.24. The molecule has 0 spiro atoms. The van der Waals surface area contributed by atoms with Crippen LogP contribution in [0.5, 0.6) is 0 Å². The summed E-state index contributed by atoms with van der Waals surface area (Å²) in [6, 6.07) is 0. The average Bonchev–Trinajstić information content (AvgIpc) is 2.92. The average molecular weight is 367 g/mol. The molecule has 1 aliphatic heterocycles. The van der Waals surface area contributed by atoms with Gasteiger partial charge in [0.05, 0.1) is 32.8 Å². The predicted octanol–water partition coefficient (Wildman–Crippen LogP) is 1.44. The Hall–Kier alpha value is -1.60. The number of hydrogen-bond acceptors (Lipinski definition) is 4. The Bertz CT molecular complexity index is 636. The number of quaternary nitrogens is 1. The van der Waals surface area contributed by atoms with Crippen molar-refractivity contribution >= 4 is 28.3 Å². The summed E-state index contributed by atoms with van der Waals surface area (Å²) in [5.74, 6) is 0.00183. The molecule has 3 rings (SSSR count). The topological polar surface area (TPSA) is 63.1 Å². The van der Waals surface area contributed by atoms with E-state index in [1.165, 1.54) is 33.7 Å². The third kappa shape index (κ3) is 4.33. The van der Waals surface area contributed by atoms with Gasteiger partial charge in [-0.05, 0) is 38.2 Å². The van der Waals surface area contributed by atoms with E-state index < -0.39 is 0 Å². The zero-order valence-electron chi connectivity index (χ0n) is 15.2. The Kier molecular flexibility index (Phi) is 5.96. The number of anilines is 1. The number of carbonyl (C=O) groups is 2. The first-order chi connectivity index (χ1) is 12.1. The molecule has 1 aromatic heterocycles. The van der Waals surface area contributed by atoms with Gasteiger partial charge in [0.1, 0.15) is 11.5 Å². The van der Waals surface area contributed by atoms with Gasteiger partial charge in [-0.15, -0.1) is 11.3 Å². The lowest BCUT2D eigenvalue weighted by Crippen LogP contribution is -3.13. The van der Waals surface area contributed by atoms with E-state index in [2.05, 4.69) is 5.32 Å². The summed E-state index contributed by atoms with van der Waals surface area (Å²) in [7, 11) is 0. The molecule has 0 saturated carbocycles. The van der Waals surface area contributed by atoms with E-state index in [9.17, 15) is 9.59 Å². The molecule has 1 aromatic rings. The maximum absolute atomic E-state index is 11.8. The van der Waals surface area contributed by atoms with E-state index in [1.54, 1.807) is 23.2 Å². The van der Waals surface area contributed by atoms with Crippen molar-refractivity contribution in [2.24, 2.45) is 0 Å². The van der Waals surface area contributed by atoms with Crippen molar-refractivity contribution in [2.45, 2.75) is 46.1 Å². The molecular weight excluding hydrogens is 338 g/mol. The molecule has 0 unspecified atom stereocenters. The van der Waals surface area contributed by atoms with Crippen molar-refractivity contribution in [1.82, 2.24) is 4.90 Å². The zero-order valence-corrected chi connectivity index (χ0v) is 16.0. The Balaban J connectivity index is 1.67. The molecule has 1 saturated heterocycles. The van der Waals surface area contributed by atoms with E-state index in [-0.39, 0.29) is 12.0 Å². The van der Waals surface area contributed by atoms with Crippen molar-refractivity contribution in [3.63, 3.8) is 0 Å². The van der Waals surface area contributed by atoms with Crippen molar-refractivity contribution in [3.8, 4) is 0 Å². The molecule has 0 bridgehead atoms. The number of hydrogen-bond donors (Lipinski definition) is 2. The smallest absolute Gasteiger partial charge is 0.410 e. The van der Waals surface area contributed by atoms with Crippen molar-refractivity contribution in [3.05, 3.63) is 16.0 Å². The summed E-state index contributed by atoms with van der Waals surface area (Å²) in [5, 5.41) is 4.09. The molecule has 7 heteroatoms. The van der Waals surface area contributed by atoms with Gasteiger partial charge in [0, 0.05) is 17.4 Å². The minimum absolute atomic E-state index is 0.00183. The van der Waals surface area contributed by atoms with Crippen LogP contribution in [0.4, 0.5) is 9.80 Å². The number of fused-ring (bicyclic) bond motifs is 1. The first kappa shape index (κ1) is 18.2. The van der Waals surface area contributed by atoms with Gasteiger partial charge in [-0.25, -0.2) is 4.79 Å². The van der Waals surface area contributed by atoms with Crippen LogP contribution in [-0.2, 0) is 28.9 Å². The van der Waals surface area contributed by atoms with Gasteiger partial charge in [0.25, 0.3) is 0 Å². The Morgan fingerprint density at radius 2 is 1.96 bits per heavy atom. The SMILES string of the molecule is CCOC(=O)N1CC[NH+](Cc2c(NC(C)=O)sc3c2CCCC3)CC1. The molecule has 138 valence electrons. The fourth-order valence-electron chi connectivity index (χ4n) is 3.73. The number of carbonyl (C=O) groups excluding carboxylic acids is 2. The quantitative estimate of drug-likeness (QED) is 0.848. The number of amides is 2. The Morgan fingerprint density at radius 1 is 1.24 bits per heavy atom. The second kappa shape index (κ2) is 8.19. The summed E-state index contributed by atoms with van der Waals surface area (Å²) in [6.07, 6.45) is 4.55. The normalized spacial score (nSPS) is 17.9. The van der Waals surface area contributed by atoms with Gasteiger partial charge in [-0.3, -0.25) is 9.69 Å². The number of rotatable bonds is 4. The van der Waals surface area contributed by atoms with Gasteiger partial charge >= 0.3 is 6.09 Å². The van der Waals surface area contributed by atoms with E-state index >= 15 is 0 Å². The molecule has 2 amide bonds. The number of nitrogens with zero attached hydrogens (tertiary/aromatic N) is 1. The van der Waals surface area contributed by atoms with Crippen LogP contribution in [0.2, 0.25) is 0 Å². The number of aryl methyl sites for hydroxylation is 1. The van der Waals surface area contributed by atoms with Crippen LogP contribution in [-0.4, -0.2) is 49.7 Å². The lowest BCUT2D eigenvalue weighted by atomic mass is 9.95. The van der Waals surface area contributed by atoms with Crippen LogP contribution in [0.15, 0.2) is 0 Å². The molecule has 25 heavy (non-hydrogen) atoms. The van der Waals surface area contributed by atoms with Crippen molar-refractivity contribution < 1.29 is 19.2 Å². The molecular formula is C18H28N3O3S+. The molecule has 0 aromatic carbocycles. The van der Waals surface area contributed by atoms with Gasteiger partial charge in [0.2, 0.25) is 5.91 Å². The van der Waals surface area contributed by atoms with E-state index in [4.69, 9.17) is 4.74 Å². The summed E-state index contributed by atoms with van der Waals surface area (Å²) >= 11 is 1.76. The highest BCUT2D eigenvalue weighted by Gasteiger charge is 2.28. The lowest BCUT2D eigenvalue weighted by molar-refractivity contribution is -0.917. The summed E-state index contributed by atoms with van der Waals surface area (Å²) < 4.78 is 5.09. The highest BCUT2D eigenvalue weighted by Crippen LogP contribution is 2.37. The van der Waals surface area contributed by atoms with Gasteiger partial charge in [-0.2, -0.15) is 0 Å². The zero-order chi connectivity index (χ0) is 17.8. The molecule has 6 nitrogen and oxygen atoms in total. The van der Waals surface area contributed by atoms with E-state index in [1.807, 2.05) is 6.92 Å².